The lowest BCUT2D eigenvalue weighted by Gasteiger charge is -2.28. The van der Waals surface area contributed by atoms with Crippen molar-refractivity contribution in [3.05, 3.63) is 33.9 Å². The highest BCUT2D eigenvalue weighted by atomic mass is 79.9. The first kappa shape index (κ1) is 13.7. The Morgan fingerprint density at radius 3 is 2.60 bits per heavy atom. The molecule has 1 heterocycles. The van der Waals surface area contributed by atoms with Crippen LogP contribution < -0.4 is 0 Å². The molecule has 1 aliphatic rings. The number of nitrogens with zero attached hydrogens (tertiary/aromatic N) is 2. The third kappa shape index (κ3) is 2.27. The number of benzene rings is 1. The summed E-state index contributed by atoms with van der Waals surface area (Å²) in [6.07, 6.45) is 7.35. The number of nitriles is 1. The van der Waals surface area contributed by atoms with Crippen LogP contribution in [0.5, 0.6) is 0 Å². The second kappa shape index (κ2) is 5.26. The molecular formula is C17H19BrN2. The maximum absolute atomic E-state index is 9.18. The fourth-order valence-corrected chi connectivity index (χ4v) is 3.84. The van der Waals surface area contributed by atoms with E-state index in [0.29, 0.717) is 6.04 Å². The van der Waals surface area contributed by atoms with Gasteiger partial charge in [0.1, 0.15) is 0 Å². The number of halogens is 1. The molecule has 1 fully saturated rings. The zero-order valence-corrected chi connectivity index (χ0v) is 13.6. The smallest absolute Gasteiger partial charge is 0.0994 e. The number of hydrogen-bond acceptors (Lipinski definition) is 1. The standard InChI is InChI=1S/C17H19BrN2/c1-11-3-5-14(6-4-11)20-10-16(18)15-8-13(9-19)12(2)7-17(15)20/h7-8,10-11,14H,3-6H2,1-2H3. The molecule has 0 radical (unpaired) electrons. The Balaban J connectivity index is 2.08. The van der Waals surface area contributed by atoms with Gasteiger partial charge in [-0.3, -0.25) is 0 Å². The van der Waals surface area contributed by atoms with Crippen molar-refractivity contribution in [2.24, 2.45) is 5.92 Å². The Labute approximate surface area is 128 Å². The van der Waals surface area contributed by atoms with Crippen LogP contribution in [0.3, 0.4) is 0 Å². The molecule has 0 amide bonds. The van der Waals surface area contributed by atoms with Crippen LogP contribution in [0.1, 0.15) is 49.8 Å². The van der Waals surface area contributed by atoms with Crippen molar-refractivity contribution in [3.63, 3.8) is 0 Å². The minimum atomic E-state index is 0.604. The Morgan fingerprint density at radius 1 is 1.25 bits per heavy atom. The molecule has 20 heavy (non-hydrogen) atoms. The Morgan fingerprint density at radius 2 is 1.95 bits per heavy atom. The summed E-state index contributed by atoms with van der Waals surface area (Å²) in [4.78, 5) is 0. The van der Waals surface area contributed by atoms with Gasteiger partial charge in [0.25, 0.3) is 0 Å². The van der Waals surface area contributed by atoms with E-state index >= 15 is 0 Å². The number of hydrogen-bond donors (Lipinski definition) is 0. The zero-order valence-electron chi connectivity index (χ0n) is 12.0. The van der Waals surface area contributed by atoms with Gasteiger partial charge in [-0.25, -0.2) is 0 Å². The number of aryl methyl sites for hydroxylation is 1. The highest BCUT2D eigenvalue weighted by Gasteiger charge is 2.22. The molecule has 2 nitrogen and oxygen atoms in total. The average molecular weight is 331 g/mol. The molecule has 0 spiro atoms. The van der Waals surface area contributed by atoms with Gasteiger partial charge in [0.05, 0.1) is 11.6 Å². The zero-order chi connectivity index (χ0) is 14.3. The molecule has 1 saturated carbocycles. The van der Waals surface area contributed by atoms with Gasteiger partial charge in [-0.2, -0.15) is 5.26 Å². The van der Waals surface area contributed by atoms with Crippen LogP contribution in [0, 0.1) is 24.2 Å². The molecule has 0 atom stereocenters. The molecule has 3 heteroatoms. The molecule has 0 saturated heterocycles. The summed E-state index contributed by atoms with van der Waals surface area (Å²) < 4.78 is 3.52. The highest BCUT2D eigenvalue weighted by Crippen LogP contribution is 2.37. The molecule has 0 unspecified atom stereocenters. The van der Waals surface area contributed by atoms with E-state index in [4.69, 9.17) is 0 Å². The van der Waals surface area contributed by atoms with Gasteiger partial charge in [-0.1, -0.05) is 6.92 Å². The first-order valence-corrected chi connectivity index (χ1v) is 8.10. The SMILES string of the molecule is Cc1cc2c(cc1C#N)c(Br)cn2C1CCC(C)CC1. The maximum atomic E-state index is 9.18. The monoisotopic (exact) mass is 330 g/mol. The number of rotatable bonds is 1. The van der Waals surface area contributed by atoms with Crippen LogP contribution in [0.4, 0.5) is 0 Å². The summed E-state index contributed by atoms with van der Waals surface area (Å²) in [5.41, 5.74) is 3.09. The molecule has 2 aromatic rings. The number of fused-ring (bicyclic) bond motifs is 1. The molecule has 1 aromatic carbocycles. The second-order valence-electron chi connectivity index (χ2n) is 6.09. The molecule has 1 aromatic heterocycles. The van der Waals surface area contributed by atoms with Crippen molar-refractivity contribution in [2.75, 3.05) is 0 Å². The van der Waals surface area contributed by atoms with Crippen molar-refractivity contribution in [3.8, 4) is 6.07 Å². The summed E-state index contributed by atoms with van der Waals surface area (Å²) >= 11 is 3.65. The molecule has 0 bridgehead atoms. The van der Waals surface area contributed by atoms with Crippen molar-refractivity contribution in [2.45, 2.75) is 45.6 Å². The lowest BCUT2D eigenvalue weighted by molar-refractivity contribution is 0.294. The van der Waals surface area contributed by atoms with E-state index in [-0.39, 0.29) is 0 Å². The minimum Gasteiger partial charge on any atom is -0.343 e. The summed E-state index contributed by atoms with van der Waals surface area (Å²) in [7, 11) is 0. The normalized spacial score (nSPS) is 22.9. The number of aromatic nitrogens is 1. The maximum Gasteiger partial charge on any atom is 0.0994 e. The van der Waals surface area contributed by atoms with Gasteiger partial charge in [0.2, 0.25) is 0 Å². The lowest BCUT2D eigenvalue weighted by atomic mass is 9.87. The van der Waals surface area contributed by atoms with E-state index in [1.54, 1.807) is 0 Å². The first-order valence-electron chi connectivity index (χ1n) is 7.31. The molecule has 0 aliphatic heterocycles. The van der Waals surface area contributed by atoms with Crippen molar-refractivity contribution in [1.82, 2.24) is 4.57 Å². The van der Waals surface area contributed by atoms with Gasteiger partial charge >= 0.3 is 0 Å². The fraction of sp³-hybridized carbons (Fsp3) is 0.471. The topological polar surface area (TPSA) is 28.7 Å². The van der Waals surface area contributed by atoms with Crippen LogP contribution in [-0.4, -0.2) is 4.57 Å². The molecule has 0 N–H and O–H groups in total. The Bertz CT molecular complexity index is 685. The minimum absolute atomic E-state index is 0.604. The Hall–Kier alpha value is -1.27. The summed E-state index contributed by atoms with van der Waals surface area (Å²) in [5, 5.41) is 10.3. The van der Waals surface area contributed by atoms with Crippen molar-refractivity contribution >= 4 is 26.8 Å². The molecule has 1 aliphatic carbocycles. The van der Waals surface area contributed by atoms with E-state index < -0.39 is 0 Å². The van der Waals surface area contributed by atoms with E-state index in [2.05, 4.69) is 45.8 Å². The summed E-state index contributed by atoms with van der Waals surface area (Å²) in [6.45, 7) is 4.37. The van der Waals surface area contributed by atoms with Gasteiger partial charge in [0.15, 0.2) is 0 Å². The largest absolute Gasteiger partial charge is 0.343 e. The van der Waals surface area contributed by atoms with Gasteiger partial charge < -0.3 is 4.57 Å². The van der Waals surface area contributed by atoms with Crippen molar-refractivity contribution < 1.29 is 0 Å². The van der Waals surface area contributed by atoms with Crippen LogP contribution in [0.2, 0.25) is 0 Å². The average Bonchev–Trinajstić information content (AvgIpc) is 2.75. The van der Waals surface area contributed by atoms with Crippen LogP contribution >= 0.6 is 15.9 Å². The van der Waals surface area contributed by atoms with Gasteiger partial charge in [-0.15, -0.1) is 0 Å². The van der Waals surface area contributed by atoms with Gasteiger partial charge in [-0.05, 0) is 72.2 Å². The molecule has 104 valence electrons. The highest BCUT2D eigenvalue weighted by molar-refractivity contribution is 9.10. The predicted molar refractivity (Wildman–Crippen MR) is 85.8 cm³/mol. The van der Waals surface area contributed by atoms with Crippen LogP contribution in [0.25, 0.3) is 10.9 Å². The van der Waals surface area contributed by atoms with Crippen LogP contribution in [-0.2, 0) is 0 Å². The first-order chi connectivity index (χ1) is 9.60. The van der Waals surface area contributed by atoms with E-state index in [9.17, 15) is 5.26 Å². The van der Waals surface area contributed by atoms with E-state index in [1.807, 2.05) is 13.0 Å². The van der Waals surface area contributed by atoms with Crippen LogP contribution in [0.15, 0.2) is 22.8 Å². The summed E-state index contributed by atoms with van der Waals surface area (Å²) in [6, 6.07) is 7.06. The fourth-order valence-electron chi connectivity index (χ4n) is 3.30. The van der Waals surface area contributed by atoms with E-state index in [0.717, 1.165) is 26.9 Å². The van der Waals surface area contributed by atoms with E-state index in [1.165, 1.54) is 31.2 Å². The lowest BCUT2D eigenvalue weighted by Crippen LogP contribution is -2.16. The summed E-state index contributed by atoms with van der Waals surface area (Å²) in [5.74, 6) is 0.864. The Kier molecular flexibility index (Phi) is 3.60. The molecular weight excluding hydrogens is 312 g/mol. The molecule has 3 rings (SSSR count). The third-order valence-electron chi connectivity index (χ3n) is 4.63. The predicted octanol–water partition coefficient (Wildman–Crippen LogP) is 5.34. The quantitative estimate of drug-likeness (QED) is 0.694. The third-order valence-corrected chi connectivity index (χ3v) is 5.26. The van der Waals surface area contributed by atoms with Crippen molar-refractivity contribution in [1.29, 1.82) is 5.26 Å². The van der Waals surface area contributed by atoms with Gasteiger partial charge in [0, 0.05) is 27.6 Å². The second-order valence-corrected chi connectivity index (χ2v) is 6.95.